The average molecular weight is 353 g/mol. The molecule has 0 aliphatic carbocycles. The summed E-state index contributed by atoms with van der Waals surface area (Å²) in [5.74, 6) is 1.62. The van der Waals surface area contributed by atoms with Crippen LogP contribution in [0.3, 0.4) is 0 Å². The minimum Gasteiger partial charge on any atom is -0.490 e. The van der Waals surface area contributed by atoms with Crippen molar-refractivity contribution in [3.63, 3.8) is 0 Å². The van der Waals surface area contributed by atoms with Crippen molar-refractivity contribution < 1.29 is 14.3 Å². The van der Waals surface area contributed by atoms with Gasteiger partial charge >= 0.3 is 0 Å². The predicted molar refractivity (Wildman–Crippen MR) is 103 cm³/mol. The van der Waals surface area contributed by atoms with Gasteiger partial charge in [0.2, 0.25) is 0 Å². The van der Waals surface area contributed by atoms with Crippen molar-refractivity contribution in [3.8, 4) is 11.5 Å². The normalized spacial score (nSPS) is 14.3. The topological polar surface area (TPSA) is 38.8 Å². The second-order valence-corrected chi connectivity index (χ2v) is 6.47. The Morgan fingerprint density at radius 2 is 1.73 bits per heavy atom. The molecule has 0 radical (unpaired) electrons. The summed E-state index contributed by atoms with van der Waals surface area (Å²) in [6, 6.07) is 14.0. The van der Waals surface area contributed by atoms with E-state index >= 15 is 0 Å². The van der Waals surface area contributed by atoms with E-state index in [4.69, 9.17) is 9.47 Å². The van der Waals surface area contributed by atoms with E-state index in [9.17, 15) is 4.79 Å². The molecular weight excluding hydrogens is 326 g/mol. The van der Waals surface area contributed by atoms with Crippen LogP contribution in [0.15, 0.2) is 42.5 Å². The second-order valence-electron chi connectivity index (χ2n) is 6.47. The van der Waals surface area contributed by atoms with E-state index in [1.54, 1.807) is 0 Å². The fourth-order valence-corrected chi connectivity index (χ4v) is 3.58. The van der Waals surface area contributed by atoms with Gasteiger partial charge in [0.1, 0.15) is 0 Å². The minimum absolute atomic E-state index is 0.0368. The van der Waals surface area contributed by atoms with E-state index in [2.05, 4.69) is 13.0 Å². The number of nitrogens with zero attached hydrogens (tertiary/aromatic N) is 1. The third kappa shape index (κ3) is 3.55. The van der Waals surface area contributed by atoms with Crippen molar-refractivity contribution in [2.24, 2.45) is 0 Å². The van der Waals surface area contributed by atoms with Crippen molar-refractivity contribution in [2.75, 3.05) is 13.2 Å². The second kappa shape index (κ2) is 8.26. The number of carbonyl (C=O) groups is 1. The molecule has 1 aliphatic heterocycles. The number of rotatable bonds is 8. The molecule has 26 heavy (non-hydrogen) atoms. The van der Waals surface area contributed by atoms with Gasteiger partial charge in [0.25, 0.3) is 5.91 Å². The maximum absolute atomic E-state index is 12.9. The van der Waals surface area contributed by atoms with E-state index in [1.165, 1.54) is 0 Å². The Morgan fingerprint density at radius 1 is 1.00 bits per heavy atom. The Balaban J connectivity index is 1.93. The molecule has 1 atom stereocenters. The van der Waals surface area contributed by atoms with Gasteiger partial charge < -0.3 is 14.4 Å². The molecule has 3 rings (SSSR count). The molecule has 0 N–H and O–H groups in total. The van der Waals surface area contributed by atoms with Crippen molar-refractivity contribution in [1.82, 2.24) is 4.90 Å². The van der Waals surface area contributed by atoms with Crippen LogP contribution in [0, 0.1) is 0 Å². The summed E-state index contributed by atoms with van der Waals surface area (Å²) in [6.07, 6.45) is 1.92. The lowest BCUT2D eigenvalue weighted by Crippen LogP contribution is -2.29. The summed E-state index contributed by atoms with van der Waals surface area (Å²) in [5.41, 5.74) is 3.03. The maximum Gasteiger partial charge on any atom is 0.255 e. The van der Waals surface area contributed by atoms with Gasteiger partial charge in [-0.25, -0.2) is 0 Å². The molecular formula is C22H27NO3. The SMILES string of the molecule is CCC[C@H](c1ccc(OCC)c(OCC)c1)N1Cc2ccccc2C1=O. The molecule has 2 aromatic rings. The Labute approximate surface area is 155 Å². The van der Waals surface area contributed by atoms with Gasteiger partial charge in [0, 0.05) is 12.1 Å². The summed E-state index contributed by atoms with van der Waals surface area (Å²) in [7, 11) is 0. The molecule has 138 valence electrons. The zero-order chi connectivity index (χ0) is 18.5. The van der Waals surface area contributed by atoms with Crippen LogP contribution in [-0.2, 0) is 6.54 Å². The first-order valence-electron chi connectivity index (χ1n) is 9.47. The number of ether oxygens (including phenoxy) is 2. The van der Waals surface area contributed by atoms with Crippen LogP contribution in [0.1, 0.15) is 61.1 Å². The van der Waals surface area contributed by atoms with E-state index in [1.807, 2.05) is 55.1 Å². The quantitative estimate of drug-likeness (QED) is 0.672. The van der Waals surface area contributed by atoms with Gasteiger partial charge in [-0.15, -0.1) is 0 Å². The minimum atomic E-state index is 0.0368. The zero-order valence-corrected chi connectivity index (χ0v) is 15.8. The fourth-order valence-electron chi connectivity index (χ4n) is 3.58. The summed E-state index contributed by atoms with van der Waals surface area (Å²) < 4.78 is 11.5. The number of benzene rings is 2. The third-order valence-corrected chi connectivity index (χ3v) is 4.74. The molecule has 1 heterocycles. The van der Waals surface area contributed by atoms with Gasteiger partial charge in [-0.2, -0.15) is 0 Å². The molecule has 1 aliphatic rings. The first-order valence-corrected chi connectivity index (χ1v) is 9.47. The molecule has 0 fully saturated rings. The molecule has 4 heteroatoms. The monoisotopic (exact) mass is 353 g/mol. The largest absolute Gasteiger partial charge is 0.490 e. The smallest absolute Gasteiger partial charge is 0.255 e. The van der Waals surface area contributed by atoms with E-state index < -0.39 is 0 Å². The highest BCUT2D eigenvalue weighted by atomic mass is 16.5. The maximum atomic E-state index is 12.9. The van der Waals surface area contributed by atoms with Crippen LogP contribution in [0.4, 0.5) is 0 Å². The average Bonchev–Trinajstić information content (AvgIpc) is 2.98. The highest BCUT2D eigenvalue weighted by molar-refractivity contribution is 5.98. The Bertz CT molecular complexity index is 772. The molecule has 2 aromatic carbocycles. The standard InChI is InChI=1S/C22H27NO3/c1-4-9-19(23-15-17-10-7-8-11-18(17)22(23)24)16-12-13-20(25-5-2)21(14-16)26-6-3/h7-8,10-14,19H,4-6,9,15H2,1-3H3/t19-/m1/s1. The van der Waals surface area contributed by atoms with Gasteiger partial charge in [-0.05, 0) is 49.6 Å². The van der Waals surface area contributed by atoms with Crippen molar-refractivity contribution in [2.45, 2.75) is 46.2 Å². The first-order chi connectivity index (χ1) is 12.7. The van der Waals surface area contributed by atoms with Crippen LogP contribution in [-0.4, -0.2) is 24.0 Å². The Morgan fingerprint density at radius 3 is 2.42 bits per heavy atom. The highest BCUT2D eigenvalue weighted by Gasteiger charge is 2.33. The highest BCUT2D eigenvalue weighted by Crippen LogP contribution is 2.38. The molecule has 0 saturated carbocycles. The van der Waals surface area contributed by atoms with Crippen LogP contribution in [0.5, 0.6) is 11.5 Å². The van der Waals surface area contributed by atoms with Crippen LogP contribution in [0.2, 0.25) is 0 Å². The van der Waals surface area contributed by atoms with E-state index in [-0.39, 0.29) is 11.9 Å². The number of hydrogen-bond donors (Lipinski definition) is 0. The lowest BCUT2D eigenvalue weighted by molar-refractivity contribution is 0.0690. The van der Waals surface area contributed by atoms with E-state index in [0.717, 1.165) is 41.0 Å². The Kier molecular flexibility index (Phi) is 5.82. The molecule has 0 unspecified atom stereocenters. The van der Waals surface area contributed by atoms with Gasteiger partial charge in [0.15, 0.2) is 11.5 Å². The van der Waals surface area contributed by atoms with Crippen LogP contribution in [0.25, 0.3) is 0 Å². The molecule has 4 nitrogen and oxygen atoms in total. The predicted octanol–water partition coefficient (Wildman–Crippen LogP) is 4.98. The van der Waals surface area contributed by atoms with Crippen molar-refractivity contribution in [3.05, 3.63) is 59.2 Å². The molecule has 0 aromatic heterocycles. The lowest BCUT2D eigenvalue weighted by atomic mass is 10.00. The fraction of sp³-hybridized carbons (Fsp3) is 0.409. The van der Waals surface area contributed by atoms with E-state index in [0.29, 0.717) is 19.8 Å². The summed E-state index contributed by atoms with van der Waals surface area (Å²) >= 11 is 0. The Hall–Kier alpha value is -2.49. The van der Waals surface area contributed by atoms with Crippen LogP contribution < -0.4 is 9.47 Å². The zero-order valence-electron chi connectivity index (χ0n) is 15.8. The molecule has 0 bridgehead atoms. The van der Waals surface area contributed by atoms with Gasteiger partial charge in [-0.1, -0.05) is 37.6 Å². The third-order valence-electron chi connectivity index (χ3n) is 4.74. The lowest BCUT2D eigenvalue weighted by Gasteiger charge is -2.28. The summed E-state index contributed by atoms with van der Waals surface area (Å²) in [5, 5.41) is 0. The first kappa shape index (κ1) is 18.3. The number of amides is 1. The van der Waals surface area contributed by atoms with Gasteiger partial charge in [0.05, 0.1) is 19.3 Å². The number of fused-ring (bicyclic) bond motifs is 1. The van der Waals surface area contributed by atoms with Gasteiger partial charge in [-0.3, -0.25) is 4.79 Å². The molecule has 0 spiro atoms. The number of hydrogen-bond acceptors (Lipinski definition) is 3. The van der Waals surface area contributed by atoms with Crippen molar-refractivity contribution in [1.29, 1.82) is 0 Å². The molecule has 0 saturated heterocycles. The van der Waals surface area contributed by atoms with Crippen LogP contribution >= 0.6 is 0 Å². The summed E-state index contributed by atoms with van der Waals surface area (Å²) in [4.78, 5) is 14.9. The summed E-state index contributed by atoms with van der Waals surface area (Å²) in [6.45, 7) is 7.92. The van der Waals surface area contributed by atoms with Crippen molar-refractivity contribution >= 4 is 5.91 Å². The molecule has 1 amide bonds. The number of carbonyl (C=O) groups excluding carboxylic acids is 1.